The van der Waals surface area contributed by atoms with Crippen LogP contribution in [0.15, 0.2) is 30.3 Å². The van der Waals surface area contributed by atoms with Gasteiger partial charge < -0.3 is 0 Å². The summed E-state index contributed by atoms with van der Waals surface area (Å²) in [6, 6.07) is 11.2. The van der Waals surface area contributed by atoms with Crippen LogP contribution < -0.4 is 0 Å². The zero-order valence-corrected chi connectivity index (χ0v) is 14.3. The molecule has 112 valence electrons. The lowest BCUT2D eigenvalue weighted by Gasteiger charge is -2.14. The van der Waals surface area contributed by atoms with Crippen molar-refractivity contribution in [2.75, 3.05) is 0 Å². The first-order valence-electron chi connectivity index (χ1n) is 7.83. The highest BCUT2D eigenvalue weighted by atomic mass is 14.7. The lowest BCUT2D eigenvalue weighted by molar-refractivity contribution is 1.25. The molecule has 0 radical (unpaired) electrons. The summed E-state index contributed by atoms with van der Waals surface area (Å²) in [7, 11) is 0. The Kier molecular flexibility index (Phi) is 3.52. The Labute approximate surface area is 133 Å². The number of fused-ring (bicyclic) bond motifs is 1. The van der Waals surface area contributed by atoms with Crippen LogP contribution in [0.1, 0.15) is 33.4 Å². The predicted molar refractivity (Wildman–Crippen MR) is 95.6 cm³/mol. The van der Waals surface area contributed by atoms with Crippen LogP contribution in [-0.2, 0) is 0 Å². The van der Waals surface area contributed by atoms with E-state index in [2.05, 4.69) is 71.9 Å². The van der Waals surface area contributed by atoms with E-state index in [1.165, 1.54) is 44.3 Å². The SMILES string of the molecule is Cc1cc(C)cc(-c2nc3cc(C)c(C)cc3c(C)c2C)c1. The van der Waals surface area contributed by atoms with Gasteiger partial charge in [-0.1, -0.05) is 17.2 Å². The molecule has 0 fully saturated rings. The number of hydrogen-bond donors (Lipinski definition) is 0. The van der Waals surface area contributed by atoms with Crippen LogP contribution in [0.4, 0.5) is 0 Å². The summed E-state index contributed by atoms with van der Waals surface area (Å²) >= 11 is 0. The molecular weight excluding hydrogens is 266 g/mol. The summed E-state index contributed by atoms with van der Waals surface area (Å²) < 4.78 is 0. The van der Waals surface area contributed by atoms with E-state index in [1.54, 1.807) is 0 Å². The van der Waals surface area contributed by atoms with Crippen molar-refractivity contribution < 1.29 is 0 Å². The fraction of sp³-hybridized carbons (Fsp3) is 0.286. The molecule has 0 unspecified atom stereocenters. The zero-order chi connectivity index (χ0) is 16.0. The van der Waals surface area contributed by atoms with Gasteiger partial charge in [0.15, 0.2) is 0 Å². The van der Waals surface area contributed by atoms with Crippen LogP contribution in [0, 0.1) is 41.5 Å². The van der Waals surface area contributed by atoms with E-state index in [1.807, 2.05) is 0 Å². The van der Waals surface area contributed by atoms with Crippen LogP contribution in [0.25, 0.3) is 22.2 Å². The minimum atomic E-state index is 1.10. The summed E-state index contributed by atoms with van der Waals surface area (Å²) in [6.45, 7) is 13.0. The van der Waals surface area contributed by atoms with Gasteiger partial charge in [0.25, 0.3) is 0 Å². The molecule has 3 aromatic rings. The van der Waals surface area contributed by atoms with Crippen LogP contribution in [0.2, 0.25) is 0 Å². The molecule has 1 aromatic heterocycles. The Morgan fingerprint density at radius 3 is 1.86 bits per heavy atom. The molecule has 0 aliphatic heterocycles. The van der Waals surface area contributed by atoms with Crippen molar-refractivity contribution in [3.8, 4) is 11.3 Å². The standard InChI is InChI=1S/C21H23N/c1-12-7-13(2)9-18(8-12)21-17(6)16(5)19-10-14(3)15(4)11-20(19)22-21/h7-11H,1-6H3. The van der Waals surface area contributed by atoms with E-state index in [0.29, 0.717) is 0 Å². The maximum Gasteiger partial charge on any atom is 0.0741 e. The topological polar surface area (TPSA) is 12.9 Å². The van der Waals surface area contributed by atoms with Gasteiger partial charge in [-0.2, -0.15) is 0 Å². The van der Waals surface area contributed by atoms with Crippen molar-refractivity contribution in [1.82, 2.24) is 4.98 Å². The third kappa shape index (κ3) is 2.41. The van der Waals surface area contributed by atoms with Crippen molar-refractivity contribution in [1.29, 1.82) is 0 Å². The molecule has 1 nitrogen and oxygen atoms in total. The van der Waals surface area contributed by atoms with Gasteiger partial charge in [0.05, 0.1) is 11.2 Å². The number of aromatic nitrogens is 1. The van der Waals surface area contributed by atoms with Gasteiger partial charge in [-0.25, -0.2) is 4.98 Å². The van der Waals surface area contributed by atoms with Crippen molar-refractivity contribution >= 4 is 10.9 Å². The second-order valence-corrected chi connectivity index (χ2v) is 6.54. The van der Waals surface area contributed by atoms with E-state index < -0.39 is 0 Å². The van der Waals surface area contributed by atoms with E-state index >= 15 is 0 Å². The fourth-order valence-corrected chi connectivity index (χ4v) is 3.17. The normalized spacial score (nSPS) is 11.2. The number of benzene rings is 2. The van der Waals surface area contributed by atoms with Crippen LogP contribution in [0.3, 0.4) is 0 Å². The molecule has 0 aliphatic rings. The van der Waals surface area contributed by atoms with E-state index in [9.17, 15) is 0 Å². The lowest BCUT2D eigenvalue weighted by Crippen LogP contribution is -1.97. The van der Waals surface area contributed by atoms with Gasteiger partial charge in [-0.05, 0) is 88.1 Å². The molecule has 0 saturated heterocycles. The molecule has 2 aromatic carbocycles. The van der Waals surface area contributed by atoms with Gasteiger partial charge in [-0.3, -0.25) is 0 Å². The second kappa shape index (κ2) is 5.24. The third-order valence-corrected chi connectivity index (χ3v) is 4.66. The Balaban J connectivity index is 2.35. The average molecular weight is 289 g/mol. The quantitative estimate of drug-likeness (QED) is 0.555. The molecule has 0 saturated carbocycles. The number of pyridine rings is 1. The highest BCUT2D eigenvalue weighted by Crippen LogP contribution is 2.31. The Morgan fingerprint density at radius 1 is 0.636 bits per heavy atom. The largest absolute Gasteiger partial charge is 0.247 e. The zero-order valence-electron chi connectivity index (χ0n) is 14.3. The molecular formula is C21H23N. The van der Waals surface area contributed by atoms with Crippen molar-refractivity contribution in [3.05, 3.63) is 63.7 Å². The first kappa shape index (κ1) is 14.8. The molecule has 1 heteroatoms. The van der Waals surface area contributed by atoms with Crippen LogP contribution in [-0.4, -0.2) is 4.98 Å². The van der Waals surface area contributed by atoms with Gasteiger partial charge in [0.1, 0.15) is 0 Å². The van der Waals surface area contributed by atoms with Gasteiger partial charge in [0.2, 0.25) is 0 Å². The molecule has 0 N–H and O–H groups in total. The number of hydrogen-bond acceptors (Lipinski definition) is 1. The lowest BCUT2D eigenvalue weighted by atomic mass is 9.95. The summed E-state index contributed by atoms with van der Waals surface area (Å²) in [4.78, 5) is 4.99. The Bertz CT molecular complexity index is 868. The summed E-state index contributed by atoms with van der Waals surface area (Å²) in [5.41, 5.74) is 11.2. The number of rotatable bonds is 1. The summed E-state index contributed by atoms with van der Waals surface area (Å²) in [5.74, 6) is 0. The summed E-state index contributed by atoms with van der Waals surface area (Å²) in [5, 5.41) is 1.27. The van der Waals surface area contributed by atoms with Crippen LogP contribution >= 0.6 is 0 Å². The van der Waals surface area contributed by atoms with Crippen molar-refractivity contribution in [3.63, 3.8) is 0 Å². The first-order chi connectivity index (χ1) is 10.4. The molecule has 3 rings (SSSR count). The number of nitrogens with zero attached hydrogens (tertiary/aromatic N) is 1. The number of aryl methyl sites for hydroxylation is 5. The fourth-order valence-electron chi connectivity index (χ4n) is 3.17. The minimum absolute atomic E-state index is 1.10. The molecule has 0 spiro atoms. The molecule has 1 heterocycles. The molecule has 22 heavy (non-hydrogen) atoms. The Morgan fingerprint density at radius 2 is 1.23 bits per heavy atom. The highest BCUT2D eigenvalue weighted by Gasteiger charge is 2.12. The first-order valence-corrected chi connectivity index (χ1v) is 7.83. The molecule has 0 atom stereocenters. The van der Waals surface area contributed by atoms with Crippen molar-refractivity contribution in [2.45, 2.75) is 41.5 Å². The maximum atomic E-state index is 4.99. The molecule has 0 aliphatic carbocycles. The van der Waals surface area contributed by atoms with Crippen LogP contribution in [0.5, 0.6) is 0 Å². The third-order valence-electron chi connectivity index (χ3n) is 4.66. The Hall–Kier alpha value is -2.15. The minimum Gasteiger partial charge on any atom is -0.247 e. The molecule has 0 amide bonds. The summed E-state index contributed by atoms with van der Waals surface area (Å²) in [6.07, 6.45) is 0. The second-order valence-electron chi connectivity index (χ2n) is 6.54. The average Bonchev–Trinajstić information content (AvgIpc) is 2.44. The predicted octanol–water partition coefficient (Wildman–Crippen LogP) is 5.75. The van der Waals surface area contributed by atoms with Gasteiger partial charge >= 0.3 is 0 Å². The van der Waals surface area contributed by atoms with Gasteiger partial charge in [0, 0.05) is 10.9 Å². The molecule has 0 bridgehead atoms. The maximum absolute atomic E-state index is 4.99. The van der Waals surface area contributed by atoms with E-state index in [4.69, 9.17) is 4.98 Å². The van der Waals surface area contributed by atoms with Crippen molar-refractivity contribution in [2.24, 2.45) is 0 Å². The van der Waals surface area contributed by atoms with Gasteiger partial charge in [-0.15, -0.1) is 0 Å². The monoisotopic (exact) mass is 289 g/mol. The smallest absolute Gasteiger partial charge is 0.0741 e. The van der Waals surface area contributed by atoms with E-state index in [-0.39, 0.29) is 0 Å². The van der Waals surface area contributed by atoms with E-state index in [0.717, 1.165) is 11.2 Å². The highest BCUT2D eigenvalue weighted by molar-refractivity contribution is 5.88.